The van der Waals surface area contributed by atoms with Crippen LogP contribution >= 0.6 is 11.3 Å². The van der Waals surface area contributed by atoms with Gasteiger partial charge in [-0.25, -0.2) is 4.98 Å². The first-order valence-electron chi connectivity index (χ1n) is 6.55. The molecule has 0 aromatic carbocycles. The third kappa shape index (κ3) is 3.27. The molecule has 1 saturated heterocycles. The minimum atomic E-state index is 0.655. The second kappa shape index (κ2) is 5.94. The Kier molecular flexibility index (Phi) is 4.54. The van der Waals surface area contributed by atoms with Gasteiger partial charge in [0.05, 0.1) is 11.2 Å². The van der Waals surface area contributed by atoms with Crippen molar-refractivity contribution in [3.05, 3.63) is 16.1 Å². The fraction of sp³-hybridized carbons (Fsp3) is 0.769. The quantitative estimate of drug-likeness (QED) is 0.892. The molecular formula is C13H23N3S. The SMILES string of the molecule is CCC(C)C1CN(Cc2scnc2C)CCN1. The molecule has 0 radical (unpaired) electrons. The van der Waals surface area contributed by atoms with Crippen LogP contribution in [0.25, 0.3) is 0 Å². The Hall–Kier alpha value is -0.450. The summed E-state index contributed by atoms with van der Waals surface area (Å²) >= 11 is 1.79. The van der Waals surface area contributed by atoms with E-state index in [0.29, 0.717) is 6.04 Å². The zero-order valence-electron chi connectivity index (χ0n) is 11.1. The highest BCUT2D eigenvalue weighted by atomic mass is 32.1. The summed E-state index contributed by atoms with van der Waals surface area (Å²) in [6.07, 6.45) is 1.26. The molecule has 1 aromatic heterocycles. The molecule has 0 saturated carbocycles. The Morgan fingerprint density at radius 2 is 2.47 bits per heavy atom. The number of rotatable bonds is 4. The van der Waals surface area contributed by atoms with Gasteiger partial charge in [0.25, 0.3) is 0 Å². The summed E-state index contributed by atoms with van der Waals surface area (Å²) in [5, 5.41) is 3.64. The van der Waals surface area contributed by atoms with Gasteiger partial charge < -0.3 is 5.32 Å². The van der Waals surface area contributed by atoms with E-state index in [1.54, 1.807) is 11.3 Å². The predicted molar refractivity (Wildman–Crippen MR) is 73.4 cm³/mol. The van der Waals surface area contributed by atoms with Gasteiger partial charge in [-0.05, 0) is 12.8 Å². The predicted octanol–water partition coefficient (Wildman–Crippen LogP) is 2.27. The molecule has 17 heavy (non-hydrogen) atoms. The molecule has 2 rings (SSSR count). The summed E-state index contributed by atoms with van der Waals surface area (Å²) in [6, 6.07) is 0.655. The Balaban J connectivity index is 1.91. The van der Waals surface area contributed by atoms with Crippen LogP contribution in [0.1, 0.15) is 30.8 Å². The van der Waals surface area contributed by atoms with Gasteiger partial charge in [-0.3, -0.25) is 4.90 Å². The minimum absolute atomic E-state index is 0.655. The molecule has 3 nitrogen and oxygen atoms in total. The number of aromatic nitrogens is 1. The highest BCUT2D eigenvalue weighted by Crippen LogP contribution is 2.18. The first-order chi connectivity index (χ1) is 8.20. The van der Waals surface area contributed by atoms with E-state index in [1.165, 1.54) is 23.5 Å². The average molecular weight is 253 g/mol. The van der Waals surface area contributed by atoms with Gasteiger partial charge in [0.15, 0.2) is 0 Å². The summed E-state index contributed by atoms with van der Waals surface area (Å²) in [5.74, 6) is 0.764. The van der Waals surface area contributed by atoms with E-state index in [2.05, 4.69) is 36.0 Å². The third-order valence-corrected chi connectivity index (χ3v) is 4.75. The first kappa shape index (κ1) is 13.0. The summed E-state index contributed by atoms with van der Waals surface area (Å²) in [6.45, 7) is 11.3. The maximum absolute atomic E-state index is 4.33. The number of hydrogen-bond acceptors (Lipinski definition) is 4. The summed E-state index contributed by atoms with van der Waals surface area (Å²) in [4.78, 5) is 8.32. The van der Waals surface area contributed by atoms with Gasteiger partial charge in [0, 0.05) is 37.1 Å². The van der Waals surface area contributed by atoms with E-state index < -0.39 is 0 Å². The van der Waals surface area contributed by atoms with Crippen molar-refractivity contribution in [2.24, 2.45) is 5.92 Å². The molecule has 4 heteroatoms. The van der Waals surface area contributed by atoms with Crippen LogP contribution < -0.4 is 5.32 Å². The van der Waals surface area contributed by atoms with Crippen LogP contribution in [-0.2, 0) is 6.54 Å². The van der Waals surface area contributed by atoms with E-state index in [0.717, 1.165) is 25.6 Å². The van der Waals surface area contributed by atoms with Crippen molar-refractivity contribution >= 4 is 11.3 Å². The van der Waals surface area contributed by atoms with E-state index in [9.17, 15) is 0 Å². The normalized spacial score (nSPS) is 23.8. The molecule has 0 amide bonds. The van der Waals surface area contributed by atoms with Crippen molar-refractivity contribution in [1.29, 1.82) is 0 Å². The van der Waals surface area contributed by atoms with E-state index >= 15 is 0 Å². The zero-order chi connectivity index (χ0) is 12.3. The Bertz CT molecular complexity index is 350. The molecule has 0 bridgehead atoms. The van der Waals surface area contributed by atoms with Crippen LogP contribution in [0.5, 0.6) is 0 Å². The standard InChI is InChI=1S/C13H23N3S/c1-4-10(2)12-7-16(6-5-14-12)8-13-11(3)15-9-17-13/h9-10,12,14H,4-8H2,1-3H3. The highest BCUT2D eigenvalue weighted by Gasteiger charge is 2.23. The number of aryl methyl sites for hydroxylation is 1. The largest absolute Gasteiger partial charge is 0.311 e. The van der Waals surface area contributed by atoms with E-state index in [1.807, 2.05) is 5.51 Å². The smallest absolute Gasteiger partial charge is 0.0798 e. The van der Waals surface area contributed by atoms with Crippen LogP contribution in [0.3, 0.4) is 0 Å². The lowest BCUT2D eigenvalue weighted by Crippen LogP contribution is -2.52. The lowest BCUT2D eigenvalue weighted by molar-refractivity contribution is 0.163. The van der Waals surface area contributed by atoms with Crippen LogP contribution in [0, 0.1) is 12.8 Å². The van der Waals surface area contributed by atoms with Crippen molar-refractivity contribution < 1.29 is 0 Å². The molecule has 1 aromatic rings. The highest BCUT2D eigenvalue weighted by molar-refractivity contribution is 7.09. The number of nitrogens with one attached hydrogen (secondary N) is 1. The van der Waals surface area contributed by atoms with Gasteiger partial charge in [-0.15, -0.1) is 11.3 Å². The monoisotopic (exact) mass is 253 g/mol. The second-order valence-electron chi connectivity index (χ2n) is 5.04. The Morgan fingerprint density at radius 1 is 1.65 bits per heavy atom. The molecule has 0 spiro atoms. The van der Waals surface area contributed by atoms with Crippen LogP contribution in [-0.4, -0.2) is 35.6 Å². The second-order valence-corrected chi connectivity index (χ2v) is 5.98. The molecule has 2 heterocycles. The van der Waals surface area contributed by atoms with E-state index in [-0.39, 0.29) is 0 Å². The molecule has 1 N–H and O–H groups in total. The lowest BCUT2D eigenvalue weighted by Gasteiger charge is -2.36. The van der Waals surface area contributed by atoms with Crippen molar-refractivity contribution in [1.82, 2.24) is 15.2 Å². The van der Waals surface area contributed by atoms with Crippen LogP contribution in [0.2, 0.25) is 0 Å². The molecule has 96 valence electrons. The fourth-order valence-electron chi connectivity index (χ4n) is 2.33. The maximum atomic E-state index is 4.33. The minimum Gasteiger partial charge on any atom is -0.311 e. The van der Waals surface area contributed by atoms with Gasteiger partial charge in [-0.2, -0.15) is 0 Å². The Morgan fingerprint density at radius 3 is 3.12 bits per heavy atom. The van der Waals surface area contributed by atoms with Crippen molar-refractivity contribution in [2.75, 3.05) is 19.6 Å². The molecule has 0 aliphatic carbocycles. The number of hydrogen-bond donors (Lipinski definition) is 1. The summed E-state index contributed by atoms with van der Waals surface area (Å²) < 4.78 is 0. The van der Waals surface area contributed by atoms with Crippen molar-refractivity contribution in [3.8, 4) is 0 Å². The zero-order valence-corrected chi connectivity index (χ0v) is 11.9. The fourth-order valence-corrected chi connectivity index (χ4v) is 3.15. The van der Waals surface area contributed by atoms with Crippen LogP contribution in [0.15, 0.2) is 5.51 Å². The average Bonchev–Trinajstić information content (AvgIpc) is 2.74. The first-order valence-corrected chi connectivity index (χ1v) is 7.43. The Labute approximate surface area is 108 Å². The van der Waals surface area contributed by atoms with Gasteiger partial charge in [-0.1, -0.05) is 20.3 Å². The molecule has 2 atom stereocenters. The molecule has 1 aliphatic rings. The maximum Gasteiger partial charge on any atom is 0.0798 e. The topological polar surface area (TPSA) is 28.2 Å². The van der Waals surface area contributed by atoms with Crippen molar-refractivity contribution in [2.45, 2.75) is 39.8 Å². The summed E-state index contributed by atoms with van der Waals surface area (Å²) in [7, 11) is 0. The van der Waals surface area contributed by atoms with Gasteiger partial charge >= 0.3 is 0 Å². The third-order valence-electron chi connectivity index (χ3n) is 3.83. The number of thiazole rings is 1. The van der Waals surface area contributed by atoms with Crippen LogP contribution in [0.4, 0.5) is 0 Å². The van der Waals surface area contributed by atoms with Gasteiger partial charge in [0.1, 0.15) is 0 Å². The molecule has 2 unspecified atom stereocenters. The van der Waals surface area contributed by atoms with Gasteiger partial charge in [0.2, 0.25) is 0 Å². The lowest BCUT2D eigenvalue weighted by atomic mass is 9.97. The van der Waals surface area contributed by atoms with E-state index in [4.69, 9.17) is 0 Å². The molecular weight excluding hydrogens is 230 g/mol. The molecule has 1 fully saturated rings. The number of nitrogens with zero attached hydrogens (tertiary/aromatic N) is 2. The molecule has 1 aliphatic heterocycles. The number of piperazine rings is 1. The summed E-state index contributed by atoms with van der Waals surface area (Å²) in [5.41, 5.74) is 3.16. The van der Waals surface area contributed by atoms with Crippen molar-refractivity contribution in [3.63, 3.8) is 0 Å².